The largest absolute Gasteiger partial charge is 0.391 e. The fourth-order valence-corrected chi connectivity index (χ4v) is 2.29. The van der Waals surface area contributed by atoms with Crippen LogP contribution in [0.15, 0.2) is 42.7 Å². The molecule has 1 aromatic carbocycles. The maximum absolute atomic E-state index is 12.2. The van der Waals surface area contributed by atoms with Crippen molar-refractivity contribution in [3.63, 3.8) is 0 Å². The van der Waals surface area contributed by atoms with E-state index in [-0.39, 0.29) is 12.0 Å². The Morgan fingerprint density at radius 3 is 2.68 bits per heavy atom. The minimum absolute atomic E-state index is 0.0245. The summed E-state index contributed by atoms with van der Waals surface area (Å²) in [6.45, 7) is 1.06. The van der Waals surface area contributed by atoms with Crippen LogP contribution >= 0.6 is 0 Å². The lowest BCUT2D eigenvalue weighted by atomic mass is 10.2. The van der Waals surface area contributed by atoms with E-state index in [0.29, 0.717) is 25.1 Å². The molecule has 0 unspecified atom stereocenters. The number of amides is 1. The molecule has 1 aromatic heterocycles. The second-order valence-corrected chi connectivity index (χ2v) is 4.69. The van der Waals surface area contributed by atoms with Crippen molar-refractivity contribution in [2.24, 2.45) is 0 Å². The molecular weight excluding hydrogens is 242 g/mol. The van der Waals surface area contributed by atoms with Gasteiger partial charge in [-0.15, -0.1) is 0 Å². The number of rotatable bonds is 2. The number of aromatic nitrogens is 2. The molecule has 1 amide bonds. The fourth-order valence-electron chi connectivity index (χ4n) is 2.29. The summed E-state index contributed by atoms with van der Waals surface area (Å²) in [5.41, 5.74) is 1.56. The zero-order valence-electron chi connectivity index (χ0n) is 10.4. The van der Waals surface area contributed by atoms with Crippen LogP contribution in [0, 0.1) is 0 Å². The zero-order chi connectivity index (χ0) is 13.2. The second kappa shape index (κ2) is 4.85. The molecule has 0 radical (unpaired) electrons. The summed E-state index contributed by atoms with van der Waals surface area (Å²) in [4.78, 5) is 13.9. The van der Waals surface area contributed by atoms with Crippen molar-refractivity contribution in [3.8, 4) is 5.69 Å². The van der Waals surface area contributed by atoms with Crippen molar-refractivity contribution in [2.75, 3.05) is 13.1 Å². The van der Waals surface area contributed by atoms with E-state index in [1.54, 1.807) is 27.9 Å². The Morgan fingerprint density at radius 2 is 2.11 bits per heavy atom. The summed E-state index contributed by atoms with van der Waals surface area (Å²) in [6, 6.07) is 9.18. The van der Waals surface area contributed by atoms with Gasteiger partial charge in [0.25, 0.3) is 5.91 Å². The lowest BCUT2D eigenvalue weighted by Gasteiger charge is -2.15. The van der Waals surface area contributed by atoms with Crippen molar-refractivity contribution in [2.45, 2.75) is 12.5 Å². The molecule has 98 valence electrons. The van der Waals surface area contributed by atoms with Crippen molar-refractivity contribution in [1.29, 1.82) is 0 Å². The summed E-state index contributed by atoms with van der Waals surface area (Å²) < 4.78 is 1.74. The summed E-state index contributed by atoms with van der Waals surface area (Å²) in [5, 5.41) is 13.6. The van der Waals surface area contributed by atoms with Crippen molar-refractivity contribution >= 4 is 5.91 Å². The third-order valence-corrected chi connectivity index (χ3v) is 3.33. The normalized spacial score (nSPS) is 18.8. The smallest absolute Gasteiger partial charge is 0.253 e. The lowest BCUT2D eigenvalue weighted by molar-refractivity contribution is 0.0765. The summed E-state index contributed by atoms with van der Waals surface area (Å²) in [5.74, 6) is -0.0245. The summed E-state index contributed by atoms with van der Waals surface area (Å²) in [6.07, 6.45) is 3.85. The van der Waals surface area contributed by atoms with Gasteiger partial charge >= 0.3 is 0 Å². The van der Waals surface area contributed by atoms with Crippen LogP contribution in [0.1, 0.15) is 16.8 Å². The highest BCUT2D eigenvalue weighted by Gasteiger charge is 2.25. The molecule has 1 aliphatic rings. The molecule has 19 heavy (non-hydrogen) atoms. The van der Waals surface area contributed by atoms with Crippen LogP contribution in [-0.4, -0.2) is 44.9 Å². The van der Waals surface area contributed by atoms with E-state index in [2.05, 4.69) is 5.10 Å². The molecule has 5 heteroatoms. The minimum atomic E-state index is -0.382. The molecule has 0 saturated carbocycles. The van der Waals surface area contributed by atoms with Crippen LogP contribution in [0.2, 0.25) is 0 Å². The summed E-state index contributed by atoms with van der Waals surface area (Å²) >= 11 is 0. The van der Waals surface area contributed by atoms with Gasteiger partial charge in [-0.2, -0.15) is 5.10 Å². The maximum Gasteiger partial charge on any atom is 0.253 e. The van der Waals surface area contributed by atoms with Gasteiger partial charge in [0.15, 0.2) is 0 Å². The summed E-state index contributed by atoms with van der Waals surface area (Å²) in [7, 11) is 0. The van der Waals surface area contributed by atoms with Gasteiger partial charge in [-0.05, 0) is 36.8 Å². The molecule has 2 heterocycles. The Hall–Kier alpha value is -2.14. The topological polar surface area (TPSA) is 58.4 Å². The fraction of sp³-hybridized carbons (Fsp3) is 0.286. The Labute approximate surface area is 111 Å². The van der Waals surface area contributed by atoms with E-state index in [0.717, 1.165) is 5.69 Å². The highest BCUT2D eigenvalue weighted by atomic mass is 16.3. The predicted octanol–water partition coefficient (Wildman–Crippen LogP) is 1.08. The van der Waals surface area contributed by atoms with Crippen molar-refractivity contribution in [1.82, 2.24) is 14.7 Å². The highest BCUT2D eigenvalue weighted by Crippen LogP contribution is 2.15. The first kappa shape index (κ1) is 11.9. The van der Waals surface area contributed by atoms with Gasteiger partial charge in [-0.3, -0.25) is 4.79 Å². The van der Waals surface area contributed by atoms with Crippen molar-refractivity contribution < 1.29 is 9.90 Å². The van der Waals surface area contributed by atoms with Gasteiger partial charge in [0.2, 0.25) is 0 Å². The first-order valence-corrected chi connectivity index (χ1v) is 6.31. The standard InChI is InChI=1S/C14H15N3O2/c18-13-6-9-16(10-13)14(19)11-2-4-12(5-3-11)17-8-1-7-15-17/h1-5,7-8,13,18H,6,9-10H2/t13-/m1/s1. The van der Waals surface area contributed by atoms with Gasteiger partial charge in [-0.25, -0.2) is 4.68 Å². The van der Waals surface area contributed by atoms with Crippen molar-refractivity contribution in [3.05, 3.63) is 48.3 Å². The first-order valence-electron chi connectivity index (χ1n) is 6.31. The average molecular weight is 257 g/mol. The number of nitrogens with zero attached hydrogens (tertiary/aromatic N) is 3. The van der Waals surface area contributed by atoms with Crippen LogP contribution in [0.25, 0.3) is 5.69 Å². The number of carbonyl (C=O) groups excluding carboxylic acids is 1. The molecule has 0 aliphatic carbocycles. The molecule has 1 atom stereocenters. The minimum Gasteiger partial charge on any atom is -0.391 e. The molecule has 2 aromatic rings. The van der Waals surface area contributed by atoms with Gasteiger partial charge in [0, 0.05) is 31.0 Å². The quantitative estimate of drug-likeness (QED) is 0.875. The van der Waals surface area contributed by atoms with Gasteiger partial charge in [0.05, 0.1) is 11.8 Å². The maximum atomic E-state index is 12.2. The van der Waals surface area contributed by atoms with Crippen LogP contribution in [-0.2, 0) is 0 Å². The number of benzene rings is 1. The molecule has 3 rings (SSSR count). The number of likely N-dealkylation sites (tertiary alicyclic amines) is 1. The predicted molar refractivity (Wildman–Crippen MR) is 70.1 cm³/mol. The monoisotopic (exact) mass is 257 g/mol. The molecule has 1 saturated heterocycles. The third kappa shape index (κ3) is 2.37. The van der Waals surface area contributed by atoms with Crippen LogP contribution in [0.4, 0.5) is 0 Å². The molecule has 0 bridgehead atoms. The van der Waals surface area contributed by atoms with E-state index in [1.165, 1.54) is 0 Å². The van der Waals surface area contributed by atoms with E-state index in [1.807, 2.05) is 24.4 Å². The second-order valence-electron chi connectivity index (χ2n) is 4.69. The molecular formula is C14H15N3O2. The Morgan fingerprint density at radius 1 is 1.32 bits per heavy atom. The van der Waals surface area contributed by atoms with Gasteiger partial charge in [-0.1, -0.05) is 0 Å². The Balaban J connectivity index is 1.77. The lowest BCUT2D eigenvalue weighted by Crippen LogP contribution is -2.29. The SMILES string of the molecule is O=C(c1ccc(-n2cccn2)cc1)N1CC[C@@H](O)C1. The zero-order valence-corrected chi connectivity index (χ0v) is 10.4. The molecule has 1 aliphatic heterocycles. The number of hydrogen-bond acceptors (Lipinski definition) is 3. The number of aliphatic hydroxyl groups is 1. The van der Waals surface area contributed by atoms with Crippen LogP contribution < -0.4 is 0 Å². The number of carbonyl (C=O) groups is 1. The van der Waals surface area contributed by atoms with Gasteiger partial charge < -0.3 is 10.0 Å². The van der Waals surface area contributed by atoms with E-state index in [4.69, 9.17) is 0 Å². The highest BCUT2D eigenvalue weighted by molar-refractivity contribution is 5.94. The van der Waals surface area contributed by atoms with Crippen LogP contribution in [0.5, 0.6) is 0 Å². The number of β-amino-alcohol motifs (C(OH)–C–C–N with tert-alkyl or cyclic N) is 1. The number of aliphatic hydroxyl groups excluding tert-OH is 1. The molecule has 1 N–H and O–H groups in total. The van der Waals surface area contributed by atoms with Crippen LogP contribution in [0.3, 0.4) is 0 Å². The third-order valence-electron chi connectivity index (χ3n) is 3.33. The average Bonchev–Trinajstić information content (AvgIpc) is 3.09. The van der Waals surface area contributed by atoms with E-state index >= 15 is 0 Å². The first-order chi connectivity index (χ1) is 9.24. The van der Waals surface area contributed by atoms with E-state index < -0.39 is 0 Å². The number of hydrogen-bond donors (Lipinski definition) is 1. The molecule has 0 spiro atoms. The molecule has 1 fully saturated rings. The van der Waals surface area contributed by atoms with Gasteiger partial charge in [0.1, 0.15) is 0 Å². The Bertz CT molecular complexity index is 563. The molecule has 5 nitrogen and oxygen atoms in total. The van der Waals surface area contributed by atoms with E-state index in [9.17, 15) is 9.90 Å². The Kier molecular flexibility index (Phi) is 3.05.